The van der Waals surface area contributed by atoms with Gasteiger partial charge in [-0.3, -0.25) is 0 Å². The van der Waals surface area contributed by atoms with Gasteiger partial charge in [0.15, 0.2) is 5.16 Å². The Morgan fingerprint density at radius 2 is 2.55 bits per heavy atom. The summed E-state index contributed by atoms with van der Waals surface area (Å²) in [5.41, 5.74) is 0. The Hall–Kier alpha value is -0.0900. The maximum absolute atomic E-state index is 4.19. The van der Waals surface area contributed by atoms with Gasteiger partial charge in [-0.15, -0.1) is 0 Å². The summed E-state index contributed by atoms with van der Waals surface area (Å²) in [4.78, 5) is 4.19. The molecule has 4 heteroatoms. The SMILES string of the molecule is Cn1ccnc1SCCCS. The molecule has 0 fully saturated rings. The summed E-state index contributed by atoms with van der Waals surface area (Å²) in [7, 11) is 2.01. The van der Waals surface area contributed by atoms with Crippen molar-refractivity contribution in [3.8, 4) is 0 Å². The van der Waals surface area contributed by atoms with Gasteiger partial charge in [0.05, 0.1) is 0 Å². The molecule has 2 nitrogen and oxygen atoms in total. The molecule has 0 bridgehead atoms. The molecule has 0 spiro atoms. The minimum Gasteiger partial charge on any atom is -0.329 e. The first kappa shape index (κ1) is 9.00. The van der Waals surface area contributed by atoms with E-state index in [2.05, 4.69) is 17.6 Å². The fourth-order valence-corrected chi connectivity index (χ4v) is 1.96. The molecule has 0 unspecified atom stereocenters. The number of imidazole rings is 1. The average molecular weight is 188 g/mol. The van der Waals surface area contributed by atoms with Gasteiger partial charge in [-0.05, 0) is 12.2 Å². The van der Waals surface area contributed by atoms with Crippen LogP contribution in [-0.2, 0) is 7.05 Å². The van der Waals surface area contributed by atoms with Crippen molar-refractivity contribution in [3.63, 3.8) is 0 Å². The summed E-state index contributed by atoms with van der Waals surface area (Å²) in [5, 5.41) is 1.09. The van der Waals surface area contributed by atoms with E-state index in [0.717, 1.165) is 23.1 Å². The molecule has 62 valence electrons. The van der Waals surface area contributed by atoms with E-state index in [1.54, 1.807) is 11.8 Å². The fourth-order valence-electron chi connectivity index (χ4n) is 0.719. The number of aromatic nitrogens is 2. The van der Waals surface area contributed by atoms with Crippen molar-refractivity contribution in [2.75, 3.05) is 11.5 Å². The number of nitrogens with zero attached hydrogens (tertiary/aromatic N) is 2. The molecule has 0 atom stereocenters. The van der Waals surface area contributed by atoms with Crippen molar-refractivity contribution in [3.05, 3.63) is 12.4 Å². The van der Waals surface area contributed by atoms with Gasteiger partial charge in [-0.25, -0.2) is 4.98 Å². The van der Waals surface area contributed by atoms with Gasteiger partial charge < -0.3 is 4.57 Å². The quantitative estimate of drug-likeness (QED) is 0.441. The summed E-state index contributed by atoms with van der Waals surface area (Å²) in [6, 6.07) is 0. The van der Waals surface area contributed by atoms with Crippen LogP contribution in [0.4, 0.5) is 0 Å². The monoisotopic (exact) mass is 188 g/mol. The van der Waals surface area contributed by atoms with Crippen LogP contribution in [-0.4, -0.2) is 21.1 Å². The summed E-state index contributed by atoms with van der Waals surface area (Å²) < 4.78 is 2.03. The maximum atomic E-state index is 4.19. The van der Waals surface area contributed by atoms with Crippen molar-refractivity contribution in [2.45, 2.75) is 11.6 Å². The third-order valence-electron chi connectivity index (χ3n) is 1.31. The second kappa shape index (κ2) is 4.72. The predicted molar refractivity (Wildman–Crippen MR) is 52.4 cm³/mol. The van der Waals surface area contributed by atoms with Gasteiger partial charge in [0.1, 0.15) is 0 Å². The largest absolute Gasteiger partial charge is 0.329 e. The van der Waals surface area contributed by atoms with Gasteiger partial charge in [-0.2, -0.15) is 12.6 Å². The van der Waals surface area contributed by atoms with Gasteiger partial charge in [-0.1, -0.05) is 11.8 Å². The Bertz CT molecular complexity index is 210. The van der Waals surface area contributed by atoms with Crippen LogP contribution in [0.5, 0.6) is 0 Å². The molecule has 0 N–H and O–H groups in total. The number of rotatable bonds is 4. The highest BCUT2D eigenvalue weighted by Crippen LogP contribution is 2.14. The van der Waals surface area contributed by atoms with E-state index in [9.17, 15) is 0 Å². The van der Waals surface area contributed by atoms with Crippen LogP contribution >= 0.6 is 24.4 Å². The zero-order valence-electron chi connectivity index (χ0n) is 6.53. The van der Waals surface area contributed by atoms with Gasteiger partial charge in [0, 0.05) is 25.2 Å². The molecule has 0 aliphatic rings. The third kappa shape index (κ3) is 2.79. The molecule has 0 aliphatic heterocycles. The Balaban J connectivity index is 2.32. The lowest BCUT2D eigenvalue weighted by molar-refractivity contribution is 0.789. The molecule has 1 rings (SSSR count). The maximum Gasteiger partial charge on any atom is 0.167 e. The first-order valence-corrected chi connectivity index (χ1v) is 5.17. The summed E-state index contributed by atoms with van der Waals surface area (Å²) in [6.07, 6.45) is 4.92. The van der Waals surface area contributed by atoms with E-state index >= 15 is 0 Å². The van der Waals surface area contributed by atoms with Crippen LogP contribution in [0.2, 0.25) is 0 Å². The van der Waals surface area contributed by atoms with Crippen LogP contribution < -0.4 is 0 Å². The number of thioether (sulfide) groups is 1. The highest BCUT2D eigenvalue weighted by Gasteiger charge is 1.97. The highest BCUT2D eigenvalue weighted by molar-refractivity contribution is 7.99. The number of thiol groups is 1. The van der Waals surface area contributed by atoms with Crippen LogP contribution in [0.25, 0.3) is 0 Å². The normalized spacial score (nSPS) is 10.4. The van der Waals surface area contributed by atoms with Crippen molar-refractivity contribution in [1.82, 2.24) is 9.55 Å². The average Bonchev–Trinajstić information content (AvgIpc) is 2.37. The van der Waals surface area contributed by atoms with E-state index in [4.69, 9.17) is 0 Å². The zero-order valence-corrected chi connectivity index (χ0v) is 8.24. The molecular formula is C7H12N2S2. The molecule has 0 amide bonds. The van der Waals surface area contributed by atoms with Gasteiger partial charge in [0.2, 0.25) is 0 Å². The molecule has 0 saturated carbocycles. The zero-order chi connectivity index (χ0) is 8.10. The molecule has 11 heavy (non-hydrogen) atoms. The van der Waals surface area contributed by atoms with E-state index in [-0.39, 0.29) is 0 Å². The molecule has 1 aromatic rings. The molecule has 1 aromatic heterocycles. The number of aryl methyl sites for hydroxylation is 1. The first-order valence-electron chi connectivity index (χ1n) is 3.55. The first-order chi connectivity index (χ1) is 5.34. The van der Waals surface area contributed by atoms with Crippen LogP contribution in [0, 0.1) is 0 Å². The van der Waals surface area contributed by atoms with Crippen LogP contribution in [0.15, 0.2) is 17.6 Å². The Morgan fingerprint density at radius 1 is 1.73 bits per heavy atom. The van der Waals surface area contributed by atoms with E-state index < -0.39 is 0 Å². The predicted octanol–water partition coefficient (Wildman–Crippen LogP) is 1.83. The number of hydrogen-bond acceptors (Lipinski definition) is 3. The third-order valence-corrected chi connectivity index (χ3v) is 2.77. The lowest BCUT2D eigenvalue weighted by Crippen LogP contribution is -1.90. The second-order valence-corrected chi connectivity index (χ2v) is 3.76. The van der Waals surface area contributed by atoms with Gasteiger partial charge in [0.25, 0.3) is 0 Å². The van der Waals surface area contributed by atoms with Crippen molar-refractivity contribution < 1.29 is 0 Å². The Morgan fingerprint density at radius 3 is 3.09 bits per heavy atom. The molecule has 0 aromatic carbocycles. The molecule has 0 radical (unpaired) electrons. The Labute approximate surface area is 76.8 Å². The fraction of sp³-hybridized carbons (Fsp3) is 0.571. The standard InChI is InChI=1S/C7H12N2S2/c1-9-4-3-8-7(9)11-6-2-5-10/h3-4,10H,2,5-6H2,1H3. The summed E-state index contributed by atoms with van der Waals surface area (Å²) in [5.74, 6) is 2.06. The lowest BCUT2D eigenvalue weighted by atomic mass is 10.6. The van der Waals surface area contributed by atoms with E-state index in [1.807, 2.05) is 24.0 Å². The minimum absolute atomic E-state index is 0.956. The topological polar surface area (TPSA) is 17.8 Å². The Kier molecular flexibility index (Phi) is 3.86. The minimum atomic E-state index is 0.956. The molecular weight excluding hydrogens is 176 g/mol. The molecule has 0 aliphatic carbocycles. The van der Waals surface area contributed by atoms with Crippen LogP contribution in [0.3, 0.4) is 0 Å². The van der Waals surface area contributed by atoms with Crippen molar-refractivity contribution in [2.24, 2.45) is 7.05 Å². The second-order valence-electron chi connectivity index (χ2n) is 2.25. The van der Waals surface area contributed by atoms with Crippen molar-refractivity contribution in [1.29, 1.82) is 0 Å². The number of hydrogen-bond donors (Lipinski definition) is 1. The lowest BCUT2D eigenvalue weighted by Gasteiger charge is -1.98. The summed E-state index contributed by atoms with van der Waals surface area (Å²) >= 11 is 5.92. The highest BCUT2D eigenvalue weighted by atomic mass is 32.2. The smallest absolute Gasteiger partial charge is 0.167 e. The van der Waals surface area contributed by atoms with E-state index in [0.29, 0.717) is 0 Å². The molecule has 1 heterocycles. The molecule has 0 saturated heterocycles. The van der Waals surface area contributed by atoms with Crippen LogP contribution in [0.1, 0.15) is 6.42 Å². The van der Waals surface area contributed by atoms with Gasteiger partial charge >= 0.3 is 0 Å². The summed E-state index contributed by atoms with van der Waals surface area (Å²) in [6.45, 7) is 0. The van der Waals surface area contributed by atoms with E-state index in [1.165, 1.54) is 0 Å². The van der Waals surface area contributed by atoms with Crippen molar-refractivity contribution >= 4 is 24.4 Å².